The number of benzene rings is 5. The van der Waals surface area contributed by atoms with Crippen molar-refractivity contribution in [2.75, 3.05) is 27.8 Å². The lowest BCUT2D eigenvalue weighted by Crippen LogP contribution is -2.37. The summed E-state index contributed by atoms with van der Waals surface area (Å²) >= 11 is 0. The SMILES string of the molecule is CC(C)c1c(F)cccc1-c1ncc2c(n1)n(Cc1ccc(-c3nc(C(F)(F)F)cn3C)cc1)c(=O)n2C.CC(C)c1ncc(F)cc1-c1ncc2c(n1)N(Cc1ccc(-c3nc(C(F)(F)F)cn3C)cc1)C(=O)C2.Cc1cc(N2CCC2)nn1-c1ccc(CN2C(=O)Cc3cnc(-c4cccnc4C(C)C)nc32)cc1.Cc1nc(F)ccc1-c1ncc2c(n1)n(Cc1ccc(-c3nc(C(F)(F)F)cn3C)cc1)c(=O)n2C. The molecule has 18 aromatic rings. The lowest BCUT2D eigenvalue weighted by atomic mass is 9.96. The summed E-state index contributed by atoms with van der Waals surface area (Å²) in [4.78, 5) is 117. The molecule has 16 heterocycles. The third kappa shape index (κ3) is 20.6. The normalized spacial score (nSPS) is 13.1. The lowest BCUT2D eigenvalue weighted by Gasteiger charge is -2.30. The van der Waals surface area contributed by atoms with E-state index in [4.69, 9.17) is 10.1 Å². The van der Waals surface area contributed by atoms with Crippen molar-refractivity contribution in [2.24, 2.45) is 35.2 Å². The number of pyridine rings is 3. The van der Waals surface area contributed by atoms with Crippen LogP contribution in [0.5, 0.6) is 0 Å². The molecule has 0 N–H and O–H groups in total. The maximum absolute atomic E-state index is 14.6. The summed E-state index contributed by atoms with van der Waals surface area (Å²) in [5.41, 5.74) is 11.7. The Morgan fingerprint density at radius 1 is 0.401 bits per heavy atom. The summed E-state index contributed by atoms with van der Waals surface area (Å²) in [5.74, 6) is 2.76. The number of hydrogen-bond donors (Lipinski definition) is 0. The monoisotopic (exact) mass is 2010 g/mol. The minimum absolute atomic E-state index is 0.00892. The van der Waals surface area contributed by atoms with Crippen LogP contribution in [-0.4, -0.2) is 136 Å². The first-order valence-electron chi connectivity index (χ1n) is 46.7. The number of aromatic nitrogens is 23. The highest BCUT2D eigenvalue weighted by Crippen LogP contribution is 2.41. The average Bonchev–Trinajstić information content (AvgIpc) is 1.62. The first kappa shape index (κ1) is 100. The third-order valence-corrected chi connectivity index (χ3v) is 25.4. The summed E-state index contributed by atoms with van der Waals surface area (Å²) < 4.78 is 171. The maximum atomic E-state index is 14.6. The number of anilines is 3. The van der Waals surface area contributed by atoms with E-state index in [1.807, 2.05) is 44.5 Å². The maximum Gasteiger partial charge on any atom is 0.434 e. The molecule has 0 unspecified atom stereocenters. The molecule has 5 aromatic carbocycles. The highest BCUT2D eigenvalue weighted by molar-refractivity contribution is 6.01. The molecule has 2 amide bonds. The van der Waals surface area contributed by atoms with Crippen molar-refractivity contribution in [3.8, 4) is 85.4 Å². The van der Waals surface area contributed by atoms with E-state index < -0.39 is 47.4 Å². The van der Waals surface area contributed by atoms with E-state index in [1.54, 1.807) is 136 Å². The quantitative estimate of drug-likeness (QED) is 0.0505. The van der Waals surface area contributed by atoms with Crippen molar-refractivity contribution >= 4 is 51.6 Å². The molecular weight excluding hydrogens is 1920 g/mol. The fourth-order valence-electron chi connectivity index (χ4n) is 17.8. The van der Waals surface area contributed by atoms with E-state index in [0.29, 0.717) is 120 Å². The van der Waals surface area contributed by atoms with Crippen LogP contribution in [0.4, 0.5) is 70.1 Å². The van der Waals surface area contributed by atoms with Gasteiger partial charge in [0.2, 0.25) is 17.8 Å². The summed E-state index contributed by atoms with van der Waals surface area (Å²) in [6.07, 6.45) is 0.304. The molecular formula is C105H94F12N26O4. The first-order valence-corrected chi connectivity index (χ1v) is 46.7. The molecule has 1 saturated heterocycles. The second-order valence-corrected chi connectivity index (χ2v) is 36.8. The molecule has 0 bridgehead atoms. The zero-order valence-electron chi connectivity index (χ0n) is 81.5. The average molecular weight is 2010 g/mol. The number of hydrogen-bond acceptors (Lipinski definition) is 20. The molecule has 0 aliphatic carbocycles. The lowest BCUT2D eigenvalue weighted by molar-refractivity contribution is -0.141. The van der Waals surface area contributed by atoms with E-state index >= 15 is 0 Å². The Morgan fingerprint density at radius 2 is 0.823 bits per heavy atom. The van der Waals surface area contributed by atoms with Gasteiger partial charge in [0.1, 0.15) is 51.8 Å². The highest BCUT2D eigenvalue weighted by atomic mass is 19.4. The topological polar surface area (TPSA) is 311 Å². The Kier molecular flexibility index (Phi) is 27.3. The van der Waals surface area contributed by atoms with E-state index in [-0.39, 0.29) is 96.1 Å². The smallest absolute Gasteiger partial charge is 0.355 e. The number of carbonyl (C=O) groups is 2. The van der Waals surface area contributed by atoms with Gasteiger partial charge < -0.3 is 18.6 Å². The van der Waals surface area contributed by atoms with Crippen LogP contribution in [0.3, 0.4) is 0 Å². The number of imidazole rings is 5. The molecule has 0 spiro atoms. The van der Waals surface area contributed by atoms with Crippen LogP contribution in [0.1, 0.15) is 145 Å². The van der Waals surface area contributed by atoms with Crippen LogP contribution in [-0.2, 0) is 102 Å². The molecule has 30 nitrogen and oxygen atoms in total. The third-order valence-electron chi connectivity index (χ3n) is 25.4. The summed E-state index contributed by atoms with van der Waals surface area (Å²) in [7, 11) is 7.73. The number of alkyl halides is 9. The van der Waals surface area contributed by atoms with Gasteiger partial charge in [-0.15, -0.1) is 0 Å². The largest absolute Gasteiger partial charge is 0.434 e. The Bertz CT molecular complexity index is 8210. The zero-order valence-corrected chi connectivity index (χ0v) is 81.5. The van der Waals surface area contributed by atoms with Crippen molar-refractivity contribution in [1.29, 1.82) is 0 Å². The Labute approximate surface area is 831 Å². The molecule has 21 rings (SSSR count). The number of amides is 2. The molecule has 42 heteroatoms. The van der Waals surface area contributed by atoms with Gasteiger partial charge in [-0.2, -0.15) is 49.0 Å². The standard InChI is InChI=1S/C28H29N7O.C27H24F4N6O.C26H22F4N6O.C24H19F4N7O/c1-18(2)26-23(6-4-11-29-26)27-30-16-21-15-25(36)34(28(21)31-27)17-20-7-9-22(10-8-20)35-19(3)14-24(32-35)33-12-5-13-33;1-15(2)22-18(6-5-7-19(22)28)23-32-12-20-25(34-23)37(26(38)36(20)4)13-16-8-10-17(11-9-16)24-33-21(14-35(24)3)27(29,30)31;1-14(2)22-19(9-18(27)11-31-22)23-32-10-17-8-21(37)36(25(17)34-23)12-15-4-6-16(7-5-15)24-33-20(13-35(24)3)26(28,29)30;1-13-16(8-9-19(25)30-13)20-29-10-17-22(32-20)35(23(36)34(17)3)11-14-4-6-15(7-5-14)21-31-18(12-33(21)2)24(26,27)28/h4,6-11,14,16,18H,5,12-13,15,17H2,1-3H3;5-12,14-15H,13H2,1-4H3;4-7,9-11,13-14H,8,12H2,1-3H3;4-10,12H,11H2,1-3H3. The predicted octanol–water partition coefficient (Wildman–Crippen LogP) is 19.4. The van der Waals surface area contributed by atoms with Gasteiger partial charge in [-0.05, 0) is 109 Å². The molecule has 13 aromatic heterocycles. The van der Waals surface area contributed by atoms with Crippen molar-refractivity contribution in [3.05, 3.63) is 325 Å². The van der Waals surface area contributed by atoms with Crippen LogP contribution >= 0.6 is 0 Å². The van der Waals surface area contributed by atoms with Gasteiger partial charge in [-0.1, -0.05) is 139 Å². The fraction of sp³-hybridized carbons (Fsp3) is 0.267. The Balaban J connectivity index is 0.000000128. The minimum atomic E-state index is -4.53. The number of aryl methyl sites for hydroxylation is 7. The van der Waals surface area contributed by atoms with Gasteiger partial charge in [0.25, 0.3) is 0 Å². The molecule has 0 atom stereocenters. The van der Waals surface area contributed by atoms with E-state index in [0.717, 1.165) is 94.2 Å². The molecule has 0 saturated carbocycles. The molecule has 3 aliphatic heterocycles. The van der Waals surface area contributed by atoms with Crippen molar-refractivity contribution in [2.45, 2.75) is 137 Å². The summed E-state index contributed by atoms with van der Waals surface area (Å²) in [5, 5.41) is 4.79. The molecule has 1 fully saturated rings. The van der Waals surface area contributed by atoms with Gasteiger partial charge in [0.15, 0.2) is 57.5 Å². The van der Waals surface area contributed by atoms with Gasteiger partial charge in [-0.25, -0.2) is 82.9 Å². The minimum Gasteiger partial charge on any atom is -0.355 e. The van der Waals surface area contributed by atoms with E-state index in [9.17, 15) is 71.9 Å². The van der Waals surface area contributed by atoms with Crippen LogP contribution < -0.4 is 26.1 Å². The number of carbonyl (C=O) groups excluding carboxylic acids is 2. The number of fused-ring (bicyclic) bond motifs is 4. The highest BCUT2D eigenvalue weighted by Gasteiger charge is 2.39. The second-order valence-electron chi connectivity index (χ2n) is 36.8. The molecule has 0 radical (unpaired) electrons. The number of halogens is 12. The fourth-order valence-corrected chi connectivity index (χ4v) is 17.8. The molecule has 752 valence electrons. The summed E-state index contributed by atoms with van der Waals surface area (Å²) in [6.45, 7) is 18.7. The Morgan fingerprint density at radius 3 is 1.25 bits per heavy atom. The molecule has 3 aliphatic rings. The van der Waals surface area contributed by atoms with Crippen molar-refractivity contribution in [3.63, 3.8) is 0 Å². The van der Waals surface area contributed by atoms with E-state index in [1.165, 1.54) is 94.9 Å². The van der Waals surface area contributed by atoms with Crippen LogP contribution in [0, 0.1) is 31.4 Å². The number of rotatable bonds is 20. The van der Waals surface area contributed by atoms with E-state index in [2.05, 4.69) is 121 Å². The Hall–Kier alpha value is -16.9. The first-order chi connectivity index (χ1) is 70.0. The van der Waals surface area contributed by atoms with Gasteiger partial charge in [-0.3, -0.25) is 47.6 Å². The zero-order chi connectivity index (χ0) is 104. The van der Waals surface area contributed by atoms with Gasteiger partial charge >= 0.3 is 29.9 Å². The van der Waals surface area contributed by atoms with Crippen molar-refractivity contribution < 1.29 is 62.3 Å². The molecule has 147 heavy (non-hydrogen) atoms. The number of nitrogens with zero attached hydrogens (tertiary/aromatic N) is 26. The van der Waals surface area contributed by atoms with Gasteiger partial charge in [0, 0.05) is 153 Å². The van der Waals surface area contributed by atoms with Crippen LogP contribution in [0.15, 0.2) is 217 Å². The van der Waals surface area contributed by atoms with Crippen LogP contribution in [0.25, 0.3) is 108 Å². The van der Waals surface area contributed by atoms with Crippen LogP contribution in [0.2, 0.25) is 0 Å². The summed E-state index contributed by atoms with van der Waals surface area (Å²) in [6, 6.07) is 43.5. The second kappa shape index (κ2) is 40.0. The van der Waals surface area contributed by atoms with Gasteiger partial charge in [0.05, 0.1) is 80.4 Å². The van der Waals surface area contributed by atoms with Crippen molar-refractivity contribution in [1.82, 2.24) is 112 Å². The predicted molar refractivity (Wildman–Crippen MR) is 526 cm³/mol.